The number of sulfone groups is 1. The van der Waals surface area contributed by atoms with Crippen LogP contribution in [0.5, 0.6) is 0 Å². The van der Waals surface area contributed by atoms with Crippen LogP contribution in [0.2, 0.25) is 0 Å². The maximum Gasteiger partial charge on any atom is 0.270 e. The number of nitrogens with two attached hydrogens (primary N) is 1. The second kappa shape index (κ2) is 51.1. The topological polar surface area (TPSA) is 137 Å². The van der Waals surface area contributed by atoms with Crippen LogP contribution in [0, 0.1) is 0 Å². The van der Waals surface area contributed by atoms with Crippen LogP contribution < -0.4 is 11.1 Å². The minimum absolute atomic E-state index is 0.0365. The van der Waals surface area contributed by atoms with Gasteiger partial charge in [-0.15, -0.1) is 233 Å². The highest BCUT2D eigenvalue weighted by Crippen LogP contribution is 3.46. The fourth-order valence-electron chi connectivity index (χ4n) is 6.41. The molecule has 0 saturated carbocycles. The van der Waals surface area contributed by atoms with E-state index in [1.54, 1.807) is 12.1 Å². The van der Waals surface area contributed by atoms with Gasteiger partial charge in [0, 0.05) is 24.2 Å². The normalized spacial score (nSPS) is 14.7. The molecule has 4 aromatic rings. The molecule has 0 radical (unpaired) electrons. The summed E-state index contributed by atoms with van der Waals surface area (Å²) in [5, 5.41) is 10.3. The van der Waals surface area contributed by atoms with Gasteiger partial charge in [0.1, 0.15) is 6.67 Å². The first kappa shape index (κ1) is 97.5. The Morgan fingerprint density at radius 2 is 0.895 bits per heavy atom. The van der Waals surface area contributed by atoms with Gasteiger partial charge in [-0.25, -0.2) is 22.8 Å². The molecule has 2 aromatic carbocycles. The third-order valence-corrected chi connectivity index (χ3v) is 349. The van der Waals surface area contributed by atoms with Gasteiger partial charge in [-0.3, -0.25) is 4.39 Å². The number of alkyl halides is 2. The molecular weight excluding hydrogens is 2020 g/mol. The molecule has 0 amide bonds. The number of hydrogen-bond donors (Lipinski definition) is 2. The Hall–Kier alpha value is 17.3. The summed E-state index contributed by atoms with van der Waals surface area (Å²) >= 11 is 0. The second-order valence-electron chi connectivity index (χ2n) is 16.0. The van der Waals surface area contributed by atoms with Crippen LogP contribution in [-0.4, -0.2) is 53.7 Å². The highest BCUT2D eigenvalue weighted by atomic mass is 33.6. The van der Waals surface area contributed by atoms with Crippen molar-refractivity contribution in [3.05, 3.63) is 60.3 Å². The number of nitrogen functional groups attached to an aromatic ring is 1. The average Bonchev–Trinajstić information content (AvgIpc) is 0.881. The molecule has 3 N–H and O–H groups in total. The molecule has 4 rings (SSSR count). The Bertz CT molecular complexity index is 2590. The Kier molecular flexibility index (Phi) is 58.0. The number of rotatable bonds is 34. The number of nitrogens with one attached hydrogen (secondary N) is 1. The van der Waals surface area contributed by atoms with E-state index in [0.717, 1.165) is 13.5 Å². The SMILES string of the molecule is CC(CCF)S(=O)(=O)c1ccc(-c2cnc(N)c(-c3nnc(-c4ccc(CNCCF)cc4)o3)n2)cc1.PPP(P(P)P)P(P(P)P)P(P(P(P)P)P(P)P)P(P(P(P(P)P)P(P)P)P(P(P)P)P(P)P)P(P(P(P)P)P(P)P)P(P(P)P)P(P)P. The standard InChI is InChI=1S/C25H26F2N6O3S.H51P49/c1-16(10-11-26)37(34,35)20-8-6-18(7-9-20)21-15-30-23(28)22(31-21)25-33-32-24(36-25)19-4-2-17(3-5-19)14-29-13-12-27;1-26-39(27(2)3)45(38(24)25)48(44(36(20)21)37(22)23)49(46(40(28(4)5)29(6)7)41(30(8)9)31(10)11)47(42(32(12)13)33(14)15)43(34(16)17)35(18)19/h2-9,15-16,29H,10-14H2,1H3,(H2,28,30);26H,1-25H2. The molecule has 61 heteroatoms. The zero-order valence-corrected chi connectivity index (χ0v) is 96.5. The van der Waals surface area contributed by atoms with E-state index in [4.69, 9.17) is 10.2 Å². The van der Waals surface area contributed by atoms with Crippen LogP contribution in [0.15, 0.2) is 64.0 Å². The van der Waals surface area contributed by atoms with Gasteiger partial charge in [0.25, 0.3) is 5.89 Å². The molecule has 9 nitrogen and oxygen atoms in total. The summed E-state index contributed by atoms with van der Waals surface area (Å²) in [5.41, 5.74) is 8.91. The summed E-state index contributed by atoms with van der Waals surface area (Å²) in [6.45, 7) is -2.15. The number of aromatic nitrogens is 4. The Morgan fingerprint density at radius 3 is 1.26 bits per heavy atom. The minimum atomic E-state index is -3.64. The van der Waals surface area contributed by atoms with Gasteiger partial charge in [-0.1, -0.05) is 32.2 Å². The fourth-order valence-corrected chi connectivity index (χ4v) is 699. The molecule has 0 bridgehead atoms. The highest BCUT2D eigenvalue weighted by Gasteiger charge is 2.58. The van der Waals surface area contributed by atoms with Gasteiger partial charge < -0.3 is 15.5 Å². The van der Waals surface area contributed by atoms with Crippen molar-refractivity contribution in [3.8, 4) is 34.3 Å². The summed E-state index contributed by atoms with van der Waals surface area (Å²) < 4.78 is 55.9. The van der Waals surface area contributed by atoms with Crippen LogP contribution in [0.3, 0.4) is 0 Å². The molecule has 0 fully saturated rings. The van der Waals surface area contributed by atoms with E-state index in [2.05, 4.69) is 249 Å². The van der Waals surface area contributed by atoms with Gasteiger partial charge in [0.15, 0.2) is 21.3 Å². The minimum Gasteiger partial charge on any atom is -0.414 e. The van der Waals surface area contributed by atoms with Gasteiger partial charge in [-0.05, 0) is 204 Å². The molecule has 30 atom stereocenters. The van der Waals surface area contributed by atoms with Gasteiger partial charge in [0.05, 0.1) is 28.7 Å². The predicted molar refractivity (Wildman–Crippen MR) is 546 cm³/mol. The maximum atomic E-state index is 12.6. The van der Waals surface area contributed by atoms with E-state index in [-0.39, 0.29) is 195 Å². The quantitative estimate of drug-likeness (QED) is 0.0346. The van der Waals surface area contributed by atoms with Crippen molar-refractivity contribution >= 4 is 408 Å². The third-order valence-electron chi connectivity index (χ3n) is 9.97. The number of hydrogen-bond acceptors (Lipinski definition) is 9. The number of anilines is 1. The summed E-state index contributed by atoms with van der Waals surface area (Å²) in [5.74, 6) is 0.434. The fraction of sp³-hybridized carbons (Fsp3) is 0.280. The monoisotopic (exact) mass is 2100 g/mol. The highest BCUT2D eigenvalue weighted by molar-refractivity contribution is 9.51. The average molecular weight is 2100 g/mol. The smallest absolute Gasteiger partial charge is 0.270 e. The number of nitrogens with zero attached hydrogens (tertiary/aromatic N) is 4. The zero-order chi connectivity index (χ0) is 65.4. The lowest BCUT2D eigenvalue weighted by Gasteiger charge is -2.58. The number of halogens is 2. The van der Waals surface area contributed by atoms with Crippen LogP contribution in [-0.2, 0) is 16.4 Å². The first-order valence-electron chi connectivity index (χ1n) is 22.7. The molecule has 0 spiro atoms. The van der Waals surface area contributed by atoms with E-state index in [1.807, 2.05) is 24.3 Å². The maximum absolute atomic E-state index is 12.6. The van der Waals surface area contributed by atoms with Crippen molar-refractivity contribution in [2.75, 3.05) is 25.6 Å². The van der Waals surface area contributed by atoms with E-state index < -0.39 is 28.4 Å². The van der Waals surface area contributed by atoms with Crippen LogP contribution >= 0.6 is 392 Å². The first-order valence-corrected chi connectivity index (χ1v) is 113. The van der Waals surface area contributed by atoms with Crippen molar-refractivity contribution in [2.24, 2.45) is 0 Å². The van der Waals surface area contributed by atoms with Crippen LogP contribution in [0.1, 0.15) is 18.9 Å². The van der Waals surface area contributed by atoms with Gasteiger partial charge in [-0.2, -0.15) is 0 Å². The molecule has 2 aromatic heterocycles. The molecule has 490 valence electrons. The number of benzene rings is 2. The molecule has 2 heterocycles. The summed E-state index contributed by atoms with van der Waals surface area (Å²) in [6.07, 6.45) is 1.39. The molecule has 0 aliphatic rings. The molecule has 0 aliphatic carbocycles. The van der Waals surface area contributed by atoms with Crippen molar-refractivity contribution in [3.63, 3.8) is 0 Å². The molecular formula is C25H77F2N6O3P49S. The lowest BCUT2D eigenvalue weighted by molar-refractivity contribution is 0.464. The van der Waals surface area contributed by atoms with Crippen molar-refractivity contribution in [1.29, 1.82) is 0 Å². The molecule has 0 aliphatic heterocycles. The van der Waals surface area contributed by atoms with Crippen LogP contribution in [0.4, 0.5) is 14.6 Å². The second-order valence-corrected chi connectivity index (χ2v) is 218. The molecule has 86 heavy (non-hydrogen) atoms. The van der Waals surface area contributed by atoms with Crippen molar-refractivity contribution < 1.29 is 21.6 Å². The largest absolute Gasteiger partial charge is 0.414 e. The molecule has 0 saturated heterocycles. The summed E-state index contributed by atoms with van der Waals surface area (Å²) in [6, 6.07) is 13.5. The Balaban J connectivity index is 0.000000465. The predicted octanol–water partition coefficient (Wildman–Crippen LogP) is 32.6. The van der Waals surface area contributed by atoms with E-state index in [9.17, 15) is 17.2 Å². The van der Waals surface area contributed by atoms with Crippen molar-refractivity contribution in [2.45, 2.75) is 30.0 Å². The summed E-state index contributed by atoms with van der Waals surface area (Å²) in [4.78, 5) is 8.79. The van der Waals surface area contributed by atoms with Gasteiger partial charge in [0.2, 0.25) is 5.89 Å². The zero-order valence-electron chi connectivity index (χ0n) is 45.3. The van der Waals surface area contributed by atoms with Crippen LogP contribution in [0.25, 0.3) is 34.3 Å². The third kappa shape index (κ3) is 31.0. The van der Waals surface area contributed by atoms with Crippen molar-refractivity contribution in [1.82, 2.24) is 25.5 Å². The first-order chi connectivity index (χ1) is 40.1. The van der Waals surface area contributed by atoms with Gasteiger partial charge >= 0.3 is 0 Å². The molecule has 30 unspecified atom stereocenters. The van der Waals surface area contributed by atoms with E-state index in [0.29, 0.717) is 29.9 Å². The lowest BCUT2D eigenvalue weighted by atomic mass is 10.1. The Morgan fingerprint density at radius 1 is 0.523 bits per heavy atom. The lowest BCUT2D eigenvalue weighted by Crippen LogP contribution is -2.18. The van der Waals surface area contributed by atoms with E-state index in [1.165, 1.54) is 25.3 Å². The van der Waals surface area contributed by atoms with E-state index >= 15 is 0 Å². The Labute approximate surface area is 597 Å². The summed E-state index contributed by atoms with van der Waals surface area (Å²) in [7, 11) is 84.1.